The summed E-state index contributed by atoms with van der Waals surface area (Å²) in [5.74, 6) is 0.352. The van der Waals surface area contributed by atoms with E-state index >= 15 is 0 Å². The van der Waals surface area contributed by atoms with Crippen LogP contribution in [0.2, 0.25) is 0 Å². The molecule has 0 spiro atoms. The number of amides is 1. The van der Waals surface area contributed by atoms with Crippen LogP contribution in [-0.4, -0.2) is 59.6 Å². The SMILES string of the molecule is CC[C@@H](O)CN1CCN(C(=O)[C@@H]2CCc3ccccc32)CC1. The van der Waals surface area contributed by atoms with Crippen LogP contribution in [0.25, 0.3) is 0 Å². The van der Waals surface area contributed by atoms with Crippen LogP contribution >= 0.6 is 0 Å². The Kier molecular flexibility index (Phi) is 4.79. The molecule has 2 aliphatic rings. The maximum absolute atomic E-state index is 12.8. The van der Waals surface area contributed by atoms with E-state index in [-0.39, 0.29) is 12.0 Å². The molecule has 0 unspecified atom stereocenters. The van der Waals surface area contributed by atoms with Crippen LogP contribution in [0, 0.1) is 0 Å². The molecule has 1 fully saturated rings. The number of rotatable bonds is 4. The lowest BCUT2D eigenvalue weighted by molar-refractivity contribution is -0.134. The molecule has 1 aromatic carbocycles. The van der Waals surface area contributed by atoms with Crippen molar-refractivity contribution >= 4 is 5.91 Å². The number of nitrogens with zero attached hydrogens (tertiary/aromatic N) is 2. The molecule has 0 saturated carbocycles. The molecule has 1 aliphatic heterocycles. The van der Waals surface area contributed by atoms with Gasteiger partial charge in [0.05, 0.1) is 12.0 Å². The van der Waals surface area contributed by atoms with Gasteiger partial charge in [-0.25, -0.2) is 0 Å². The highest BCUT2D eigenvalue weighted by Gasteiger charge is 2.32. The predicted octanol–water partition coefficient (Wildman–Crippen LogP) is 1.63. The maximum atomic E-state index is 12.8. The van der Waals surface area contributed by atoms with Gasteiger partial charge >= 0.3 is 0 Å². The number of benzene rings is 1. The Labute approximate surface area is 132 Å². The van der Waals surface area contributed by atoms with E-state index in [9.17, 15) is 9.90 Å². The summed E-state index contributed by atoms with van der Waals surface area (Å²) in [4.78, 5) is 17.1. The number of hydrogen-bond acceptors (Lipinski definition) is 3. The lowest BCUT2D eigenvalue weighted by atomic mass is 9.99. The van der Waals surface area contributed by atoms with Crippen molar-refractivity contribution in [3.63, 3.8) is 0 Å². The Bertz CT molecular complexity index is 524. The summed E-state index contributed by atoms with van der Waals surface area (Å²) in [5.41, 5.74) is 2.57. The normalized spacial score (nSPS) is 23.4. The first-order chi connectivity index (χ1) is 10.7. The molecule has 3 rings (SSSR count). The topological polar surface area (TPSA) is 43.8 Å². The molecule has 120 valence electrons. The van der Waals surface area contributed by atoms with Crippen molar-refractivity contribution in [1.82, 2.24) is 9.80 Å². The van der Waals surface area contributed by atoms with Gasteiger partial charge in [-0.1, -0.05) is 31.2 Å². The third-order valence-electron chi connectivity index (χ3n) is 5.06. The Morgan fingerprint density at radius 2 is 2.00 bits per heavy atom. The molecule has 1 aromatic rings. The van der Waals surface area contributed by atoms with Gasteiger partial charge in [0.15, 0.2) is 0 Å². The van der Waals surface area contributed by atoms with Gasteiger partial charge < -0.3 is 10.0 Å². The van der Waals surface area contributed by atoms with Crippen LogP contribution < -0.4 is 0 Å². The Hall–Kier alpha value is -1.39. The lowest BCUT2D eigenvalue weighted by Crippen LogP contribution is -2.51. The molecule has 1 heterocycles. The van der Waals surface area contributed by atoms with Crippen LogP contribution in [0.15, 0.2) is 24.3 Å². The number of aryl methyl sites for hydroxylation is 1. The summed E-state index contributed by atoms with van der Waals surface area (Å²) >= 11 is 0. The van der Waals surface area contributed by atoms with Gasteiger partial charge in [-0.05, 0) is 30.4 Å². The predicted molar refractivity (Wildman–Crippen MR) is 86.8 cm³/mol. The van der Waals surface area contributed by atoms with Gasteiger partial charge in [0, 0.05) is 32.7 Å². The van der Waals surface area contributed by atoms with Gasteiger partial charge in [0.2, 0.25) is 5.91 Å². The first-order valence-electron chi connectivity index (χ1n) is 8.46. The largest absolute Gasteiger partial charge is 0.392 e. The van der Waals surface area contributed by atoms with Crippen LogP contribution in [0.1, 0.15) is 36.8 Å². The number of aliphatic hydroxyl groups is 1. The standard InChI is InChI=1S/C18H26N2O2/c1-2-15(21)13-19-9-11-20(12-10-19)18(22)17-8-7-14-5-3-4-6-16(14)17/h3-6,15,17,21H,2,7-13H2,1H3/t15-,17-/m1/s1. The van der Waals surface area contributed by atoms with Gasteiger partial charge in [-0.2, -0.15) is 0 Å². The second-order valence-corrected chi connectivity index (χ2v) is 6.48. The highest BCUT2D eigenvalue weighted by Crippen LogP contribution is 2.34. The minimum absolute atomic E-state index is 0.0592. The molecule has 0 aromatic heterocycles. The second-order valence-electron chi connectivity index (χ2n) is 6.48. The van der Waals surface area contributed by atoms with Gasteiger partial charge in [0.25, 0.3) is 0 Å². The van der Waals surface area contributed by atoms with Gasteiger partial charge in [-0.3, -0.25) is 9.69 Å². The molecule has 4 heteroatoms. The number of β-amino-alcohol motifs (C(OH)–C–C–N with tert-alkyl or cyclic N) is 1. The average molecular weight is 302 g/mol. The maximum Gasteiger partial charge on any atom is 0.230 e. The fourth-order valence-electron chi connectivity index (χ4n) is 3.61. The van der Waals surface area contributed by atoms with Gasteiger partial charge in [-0.15, -0.1) is 0 Å². The summed E-state index contributed by atoms with van der Waals surface area (Å²) in [6, 6.07) is 8.35. The average Bonchev–Trinajstić information content (AvgIpc) is 2.99. The molecule has 0 radical (unpaired) electrons. The minimum Gasteiger partial charge on any atom is -0.392 e. The summed E-state index contributed by atoms with van der Waals surface area (Å²) < 4.78 is 0. The highest BCUT2D eigenvalue weighted by molar-refractivity contribution is 5.85. The number of carbonyl (C=O) groups is 1. The summed E-state index contributed by atoms with van der Waals surface area (Å²) in [6.45, 7) is 6.04. The molecule has 1 aliphatic carbocycles. The van der Waals surface area contributed by atoms with E-state index in [0.717, 1.165) is 52.0 Å². The van der Waals surface area contributed by atoms with Crippen molar-refractivity contribution in [2.45, 2.75) is 38.2 Å². The number of aliphatic hydroxyl groups excluding tert-OH is 1. The zero-order chi connectivity index (χ0) is 15.5. The van der Waals surface area contributed by atoms with E-state index in [1.165, 1.54) is 11.1 Å². The molecule has 4 nitrogen and oxygen atoms in total. The Balaban J connectivity index is 1.57. The molecule has 0 bridgehead atoms. The second kappa shape index (κ2) is 6.80. The molecule has 22 heavy (non-hydrogen) atoms. The monoisotopic (exact) mass is 302 g/mol. The van der Waals surface area contributed by atoms with Crippen molar-refractivity contribution in [2.24, 2.45) is 0 Å². The smallest absolute Gasteiger partial charge is 0.230 e. The number of hydrogen-bond donors (Lipinski definition) is 1. The number of carbonyl (C=O) groups excluding carboxylic acids is 1. The highest BCUT2D eigenvalue weighted by atomic mass is 16.3. The molecule has 2 atom stereocenters. The lowest BCUT2D eigenvalue weighted by Gasteiger charge is -2.36. The quantitative estimate of drug-likeness (QED) is 0.919. The van der Waals surface area contributed by atoms with E-state index in [1.807, 2.05) is 17.9 Å². The zero-order valence-corrected chi connectivity index (χ0v) is 13.4. The van der Waals surface area contributed by atoms with E-state index in [0.29, 0.717) is 5.91 Å². The number of fused-ring (bicyclic) bond motifs is 1. The molecular weight excluding hydrogens is 276 g/mol. The van der Waals surface area contributed by atoms with E-state index in [2.05, 4.69) is 23.1 Å². The van der Waals surface area contributed by atoms with Crippen LogP contribution in [0.3, 0.4) is 0 Å². The molecule has 1 amide bonds. The fraction of sp³-hybridized carbons (Fsp3) is 0.611. The fourth-order valence-corrected chi connectivity index (χ4v) is 3.61. The molecule has 1 saturated heterocycles. The van der Waals surface area contributed by atoms with Crippen LogP contribution in [-0.2, 0) is 11.2 Å². The van der Waals surface area contributed by atoms with Crippen LogP contribution in [0.5, 0.6) is 0 Å². The minimum atomic E-state index is -0.246. The first kappa shape index (κ1) is 15.5. The Morgan fingerprint density at radius 3 is 2.73 bits per heavy atom. The van der Waals surface area contributed by atoms with Crippen molar-refractivity contribution in [1.29, 1.82) is 0 Å². The van der Waals surface area contributed by atoms with E-state index < -0.39 is 0 Å². The zero-order valence-electron chi connectivity index (χ0n) is 13.4. The van der Waals surface area contributed by atoms with Gasteiger partial charge in [0.1, 0.15) is 0 Å². The van der Waals surface area contributed by atoms with Crippen molar-refractivity contribution in [2.75, 3.05) is 32.7 Å². The van der Waals surface area contributed by atoms with Crippen molar-refractivity contribution in [3.8, 4) is 0 Å². The van der Waals surface area contributed by atoms with Crippen LogP contribution in [0.4, 0.5) is 0 Å². The summed E-state index contributed by atoms with van der Waals surface area (Å²) in [7, 11) is 0. The number of piperazine rings is 1. The third-order valence-corrected chi connectivity index (χ3v) is 5.06. The summed E-state index contributed by atoms with van der Waals surface area (Å²) in [5, 5.41) is 9.74. The van der Waals surface area contributed by atoms with E-state index in [4.69, 9.17) is 0 Å². The Morgan fingerprint density at radius 1 is 1.27 bits per heavy atom. The third kappa shape index (κ3) is 3.18. The molecular formula is C18H26N2O2. The first-order valence-corrected chi connectivity index (χ1v) is 8.46. The molecule has 1 N–H and O–H groups in total. The summed E-state index contributed by atoms with van der Waals surface area (Å²) in [6.07, 6.45) is 2.52. The van der Waals surface area contributed by atoms with Crippen molar-refractivity contribution < 1.29 is 9.90 Å². The van der Waals surface area contributed by atoms with E-state index in [1.54, 1.807) is 0 Å². The van der Waals surface area contributed by atoms with Crippen molar-refractivity contribution in [3.05, 3.63) is 35.4 Å².